The van der Waals surface area contributed by atoms with E-state index < -0.39 is 0 Å². The van der Waals surface area contributed by atoms with E-state index in [0.29, 0.717) is 22.7 Å². The smallest absolute Gasteiger partial charge is 0.254 e. The third-order valence-corrected chi connectivity index (χ3v) is 5.28. The molecule has 0 unspecified atom stereocenters. The van der Waals surface area contributed by atoms with Crippen molar-refractivity contribution in [2.24, 2.45) is 5.41 Å². The molecule has 1 saturated carbocycles. The Labute approximate surface area is 136 Å². The maximum atomic E-state index is 12.8. The lowest BCUT2D eigenvalue weighted by molar-refractivity contribution is 0.0634. The van der Waals surface area contributed by atoms with Gasteiger partial charge in [-0.1, -0.05) is 29.8 Å². The van der Waals surface area contributed by atoms with Gasteiger partial charge in [0.25, 0.3) is 5.91 Å². The van der Waals surface area contributed by atoms with Crippen molar-refractivity contribution in [2.45, 2.75) is 52.5 Å². The van der Waals surface area contributed by atoms with E-state index in [1.54, 1.807) is 0 Å². The van der Waals surface area contributed by atoms with Gasteiger partial charge in [-0.25, -0.2) is 0 Å². The zero-order valence-corrected chi connectivity index (χ0v) is 15.0. The van der Waals surface area contributed by atoms with Crippen LogP contribution in [0.15, 0.2) is 16.6 Å². The third-order valence-electron chi connectivity index (χ3n) is 4.82. The maximum Gasteiger partial charge on any atom is 0.254 e. The standard InChI is InChI=1S/C17H25BrN2O/c1-11-14(9-12(18)10-15(11)19)16(21)20(4)13-5-7-17(2,3)8-6-13/h9-10,13H,5-8,19H2,1-4H3. The highest BCUT2D eigenvalue weighted by molar-refractivity contribution is 9.10. The Bertz CT molecular complexity index is 544. The summed E-state index contributed by atoms with van der Waals surface area (Å²) >= 11 is 3.42. The van der Waals surface area contributed by atoms with Crippen LogP contribution in [0.25, 0.3) is 0 Å². The van der Waals surface area contributed by atoms with Crippen molar-refractivity contribution in [1.82, 2.24) is 4.90 Å². The fraction of sp³-hybridized carbons (Fsp3) is 0.588. The van der Waals surface area contributed by atoms with Crippen LogP contribution in [0.2, 0.25) is 0 Å². The monoisotopic (exact) mass is 352 g/mol. The number of anilines is 1. The fourth-order valence-corrected chi connectivity index (χ4v) is 3.52. The average Bonchev–Trinajstić information content (AvgIpc) is 2.41. The number of nitrogens with zero attached hydrogens (tertiary/aromatic N) is 1. The number of carbonyl (C=O) groups excluding carboxylic acids is 1. The molecule has 1 aliphatic rings. The number of benzene rings is 1. The summed E-state index contributed by atoms with van der Waals surface area (Å²) in [5.74, 6) is 0.0743. The molecular weight excluding hydrogens is 328 g/mol. The molecular formula is C17H25BrN2O. The second kappa shape index (κ2) is 5.99. The minimum Gasteiger partial charge on any atom is -0.398 e. The maximum absolute atomic E-state index is 12.8. The van der Waals surface area contributed by atoms with Crippen molar-refractivity contribution >= 4 is 27.5 Å². The highest BCUT2D eigenvalue weighted by Gasteiger charge is 2.31. The van der Waals surface area contributed by atoms with Gasteiger partial charge in [-0.3, -0.25) is 4.79 Å². The summed E-state index contributed by atoms with van der Waals surface area (Å²) < 4.78 is 0.854. The molecule has 0 spiro atoms. The van der Waals surface area contributed by atoms with Gasteiger partial charge < -0.3 is 10.6 Å². The molecule has 0 aliphatic heterocycles. The molecule has 0 saturated heterocycles. The van der Waals surface area contributed by atoms with Crippen LogP contribution in [0.4, 0.5) is 5.69 Å². The number of carbonyl (C=O) groups is 1. The van der Waals surface area contributed by atoms with Gasteiger partial charge in [0.1, 0.15) is 0 Å². The van der Waals surface area contributed by atoms with Crippen LogP contribution in [0, 0.1) is 12.3 Å². The molecule has 116 valence electrons. The first kappa shape index (κ1) is 16.3. The van der Waals surface area contributed by atoms with Gasteiger partial charge in [0.15, 0.2) is 0 Å². The van der Waals surface area contributed by atoms with E-state index in [0.717, 1.165) is 22.9 Å². The van der Waals surface area contributed by atoms with E-state index in [1.807, 2.05) is 31.0 Å². The molecule has 0 atom stereocenters. The van der Waals surface area contributed by atoms with Crippen LogP contribution in [0.3, 0.4) is 0 Å². The van der Waals surface area contributed by atoms with Gasteiger partial charge in [-0.2, -0.15) is 0 Å². The Morgan fingerprint density at radius 1 is 1.33 bits per heavy atom. The van der Waals surface area contributed by atoms with E-state index in [-0.39, 0.29) is 5.91 Å². The highest BCUT2D eigenvalue weighted by atomic mass is 79.9. The number of nitrogens with two attached hydrogens (primary N) is 1. The molecule has 21 heavy (non-hydrogen) atoms. The predicted molar refractivity (Wildman–Crippen MR) is 91.4 cm³/mol. The Balaban J connectivity index is 2.17. The van der Waals surface area contributed by atoms with Crippen molar-refractivity contribution in [3.8, 4) is 0 Å². The second-order valence-electron chi connectivity index (χ2n) is 6.98. The van der Waals surface area contributed by atoms with E-state index in [2.05, 4.69) is 29.8 Å². The number of halogens is 1. The van der Waals surface area contributed by atoms with Crippen molar-refractivity contribution in [1.29, 1.82) is 0 Å². The molecule has 1 aliphatic carbocycles. The summed E-state index contributed by atoms with van der Waals surface area (Å²) in [6.07, 6.45) is 4.51. The molecule has 2 rings (SSSR count). The van der Waals surface area contributed by atoms with Crippen LogP contribution in [0.5, 0.6) is 0 Å². The van der Waals surface area contributed by atoms with Crippen LogP contribution in [-0.2, 0) is 0 Å². The predicted octanol–water partition coefficient (Wildman–Crippen LogP) is 4.38. The SMILES string of the molecule is Cc1c(N)cc(Br)cc1C(=O)N(C)C1CCC(C)(C)CC1. The number of hydrogen-bond acceptors (Lipinski definition) is 2. The van der Waals surface area contributed by atoms with E-state index >= 15 is 0 Å². The minimum atomic E-state index is 0.0743. The van der Waals surface area contributed by atoms with Gasteiger partial charge in [-0.15, -0.1) is 0 Å². The number of hydrogen-bond donors (Lipinski definition) is 1. The first-order valence-electron chi connectivity index (χ1n) is 7.54. The molecule has 0 bridgehead atoms. The van der Waals surface area contributed by atoms with Crippen molar-refractivity contribution in [3.05, 3.63) is 27.7 Å². The molecule has 1 amide bonds. The third kappa shape index (κ3) is 3.60. The summed E-state index contributed by atoms with van der Waals surface area (Å²) in [7, 11) is 1.92. The van der Waals surface area contributed by atoms with E-state index in [1.165, 1.54) is 12.8 Å². The van der Waals surface area contributed by atoms with Crippen molar-refractivity contribution in [3.63, 3.8) is 0 Å². The van der Waals surface area contributed by atoms with Crippen LogP contribution in [-0.4, -0.2) is 23.9 Å². The van der Waals surface area contributed by atoms with Gasteiger partial charge in [0.05, 0.1) is 0 Å². The quantitative estimate of drug-likeness (QED) is 0.802. The minimum absolute atomic E-state index is 0.0743. The average molecular weight is 353 g/mol. The first-order chi connectivity index (χ1) is 9.71. The normalized spacial score (nSPS) is 18.5. The molecule has 1 fully saturated rings. The Hall–Kier alpha value is -1.03. The first-order valence-corrected chi connectivity index (χ1v) is 8.33. The second-order valence-corrected chi connectivity index (χ2v) is 7.89. The Morgan fingerprint density at radius 2 is 1.90 bits per heavy atom. The molecule has 3 nitrogen and oxygen atoms in total. The Morgan fingerprint density at radius 3 is 2.48 bits per heavy atom. The summed E-state index contributed by atoms with van der Waals surface area (Å²) in [6.45, 7) is 6.53. The zero-order chi connectivity index (χ0) is 15.8. The van der Waals surface area contributed by atoms with Gasteiger partial charge in [-0.05, 0) is 55.7 Å². The lowest BCUT2D eigenvalue weighted by Crippen LogP contribution is -2.41. The summed E-state index contributed by atoms with van der Waals surface area (Å²) in [5, 5.41) is 0. The molecule has 1 aromatic rings. The van der Waals surface area contributed by atoms with E-state index in [9.17, 15) is 4.79 Å². The largest absolute Gasteiger partial charge is 0.398 e. The lowest BCUT2D eigenvalue weighted by atomic mass is 9.75. The molecule has 0 radical (unpaired) electrons. The van der Waals surface area contributed by atoms with Gasteiger partial charge >= 0.3 is 0 Å². The van der Waals surface area contributed by atoms with E-state index in [4.69, 9.17) is 5.73 Å². The fourth-order valence-electron chi connectivity index (χ4n) is 3.05. The number of rotatable bonds is 2. The lowest BCUT2D eigenvalue weighted by Gasteiger charge is -2.38. The van der Waals surface area contributed by atoms with Crippen molar-refractivity contribution < 1.29 is 4.79 Å². The number of amides is 1. The van der Waals surface area contributed by atoms with Crippen LogP contribution in [0.1, 0.15) is 55.5 Å². The van der Waals surface area contributed by atoms with Crippen molar-refractivity contribution in [2.75, 3.05) is 12.8 Å². The van der Waals surface area contributed by atoms with Gasteiger partial charge in [0.2, 0.25) is 0 Å². The summed E-state index contributed by atoms with van der Waals surface area (Å²) in [4.78, 5) is 14.7. The molecule has 0 aromatic heterocycles. The Kier molecular flexibility index (Phi) is 4.66. The summed E-state index contributed by atoms with van der Waals surface area (Å²) in [5.41, 5.74) is 8.61. The zero-order valence-electron chi connectivity index (χ0n) is 13.4. The van der Waals surface area contributed by atoms with Crippen LogP contribution < -0.4 is 5.73 Å². The summed E-state index contributed by atoms with van der Waals surface area (Å²) in [6, 6.07) is 4.05. The molecule has 1 aromatic carbocycles. The molecule has 4 heteroatoms. The molecule has 0 heterocycles. The van der Waals surface area contributed by atoms with Crippen LogP contribution >= 0.6 is 15.9 Å². The number of nitrogen functional groups attached to an aromatic ring is 1. The van der Waals surface area contributed by atoms with Gasteiger partial charge in [0, 0.05) is 28.8 Å². The highest BCUT2D eigenvalue weighted by Crippen LogP contribution is 2.37. The molecule has 2 N–H and O–H groups in total. The topological polar surface area (TPSA) is 46.3 Å².